The number of hydrogen-bond donors (Lipinski definition) is 3. The molecule has 0 aliphatic heterocycles. The predicted molar refractivity (Wildman–Crippen MR) is 121 cm³/mol. The van der Waals surface area contributed by atoms with Gasteiger partial charge in [0.1, 0.15) is 29.6 Å². The maximum atomic E-state index is 15.2. The van der Waals surface area contributed by atoms with Crippen LogP contribution >= 0.6 is 11.6 Å². The topological polar surface area (TPSA) is 118 Å². The van der Waals surface area contributed by atoms with Crippen molar-refractivity contribution in [2.45, 2.75) is 68.8 Å². The third-order valence-corrected chi connectivity index (χ3v) is 7.45. The molecule has 0 unspecified atom stereocenters. The van der Waals surface area contributed by atoms with E-state index >= 15 is 4.39 Å². The van der Waals surface area contributed by atoms with Gasteiger partial charge in [-0.2, -0.15) is 10.2 Å². The number of H-pyrrole nitrogens is 1. The van der Waals surface area contributed by atoms with E-state index in [1.165, 1.54) is 16.8 Å². The number of rotatable bonds is 7. The van der Waals surface area contributed by atoms with E-state index in [0.29, 0.717) is 35.8 Å². The summed E-state index contributed by atoms with van der Waals surface area (Å²) in [6.45, 7) is -0.781. The second kappa shape index (κ2) is 8.72. The first kappa shape index (κ1) is 24.2. The monoisotopic (exact) mass is 543 g/mol. The molecule has 3 aromatic heterocycles. The van der Waals surface area contributed by atoms with Crippen LogP contribution < -0.4 is 10.6 Å². The number of hydrogen-bond acceptors (Lipinski definition) is 7. The van der Waals surface area contributed by atoms with Crippen LogP contribution in [0.4, 0.5) is 34.0 Å². The number of alkyl carbamates (subject to hydrolysis) is 1. The van der Waals surface area contributed by atoms with Gasteiger partial charge in [-0.15, -0.1) is 13.2 Å². The van der Waals surface area contributed by atoms with E-state index in [-0.39, 0.29) is 22.2 Å². The van der Waals surface area contributed by atoms with Crippen LogP contribution in [0.2, 0.25) is 5.15 Å². The Morgan fingerprint density at radius 2 is 2.05 bits per heavy atom. The van der Waals surface area contributed by atoms with Gasteiger partial charge >= 0.3 is 12.5 Å². The van der Waals surface area contributed by atoms with Crippen molar-refractivity contribution in [3.8, 4) is 0 Å². The Bertz CT molecular complexity index is 1330. The van der Waals surface area contributed by atoms with Crippen molar-refractivity contribution in [2.75, 3.05) is 5.32 Å². The van der Waals surface area contributed by atoms with Crippen LogP contribution in [0.1, 0.15) is 49.4 Å². The number of aromatic nitrogens is 5. The molecule has 4 aliphatic rings. The van der Waals surface area contributed by atoms with Crippen LogP contribution in [-0.4, -0.2) is 55.1 Å². The zero-order valence-electron chi connectivity index (χ0n) is 19.2. The molecule has 15 heteroatoms. The van der Waals surface area contributed by atoms with E-state index in [1.807, 2.05) is 0 Å². The lowest BCUT2D eigenvalue weighted by Crippen LogP contribution is -2.68. The van der Waals surface area contributed by atoms with Gasteiger partial charge in [0.25, 0.3) is 0 Å². The van der Waals surface area contributed by atoms with E-state index in [2.05, 4.69) is 35.7 Å². The second-order valence-electron chi connectivity index (χ2n) is 9.90. The number of aromatic amines is 1. The fourth-order valence-electron chi connectivity index (χ4n) is 5.43. The predicted octanol–water partition coefficient (Wildman–Crippen LogP) is 4.75. The SMILES string of the molecule is O=C(NC12CC(C1)C2)O[C@H]1CC[C@@H](c2cc(Nc3nc(Cl)cn4nc(COC(F)(F)F)cc34)n[nH]2)[C@H]1F. The summed E-state index contributed by atoms with van der Waals surface area (Å²) in [5.74, 6) is 0.625. The molecule has 4 fully saturated rings. The number of alkyl halides is 4. The highest BCUT2D eigenvalue weighted by atomic mass is 35.5. The van der Waals surface area contributed by atoms with Crippen molar-refractivity contribution in [1.29, 1.82) is 0 Å². The lowest BCUT2D eigenvalue weighted by Gasteiger charge is -2.61. The van der Waals surface area contributed by atoms with Crippen molar-refractivity contribution < 1.29 is 31.8 Å². The van der Waals surface area contributed by atoms with Gasteiger partial charge in [-0.3, -0.25) is 9.84 Å². The maximum Gasteiger partial charge on any atom is 0.522 e. The molecule has 3 aromatic rings. The Kier molecular flexibility index (Phi) is 5.71. The summed E-state index contributed by atoms with van der Waals surface area (Å²) in [5.41, 5.74) is 0.716. The first-order chi connectivity index (χ1) is 17.6. The lowest BCUT2D eigenvalue weighted by atomic mass is 9.50. The standard InChI is InChI=1S/C22H22ClF4N7O3/c23-16-8-34-14(3-11(33-34)9-36-22(25,26)27)19(28-16)29-17-4-13(31-32-17)12-1-2-15(18(12)24)37-20(35)30-21-5-10(6-21)7-21/h3-4,8,10,12,15,18H,1-2,5-7,9H2,(H,30,35)(H2,28,29,31,32)/t10?,12-,15-,18+,21?/m0/s1. The molecule has 2 bridgehead atoms. The minimum absolute atomic E-state index is 0.0162. The van der Waals surface area contributed by atoms with E-state index in [1.54, 1.807) is 6.07 Å². The normalized spacial score (nSPS) is 28.6. The third kappa shape index (κ3) is 4.79. The van der Waals surface area contributed by atoms with E-state index in [4.69, 9.17) is 16.3 Å². The third-order valence-electron chi connectivity index (χ3n) is 7.27. The zero-order chi connectivity index (χ0) is 25.9. The minimum atomic E-state index is -4.79. The number of nitrogens with zero attached hydrogens (tertiary/aromatic N) is 4. The summed E-state index contributed by atoms with van der Waals surface area (Å²) in [6, 6.07) is 2.98. The van der Waals surface area contributed by atoms with Gasteiger partial charge in [-0.1, -0.05) is 11.6 Å². The van der Waals surface area contributed by atoms with Crippen LogP contribution in [0.25, 0.3) is 5.52 Å². The molecule has 0 radical (unpaired) electrons. The highest BCUT2D eigenvalue weighted by Gasteiger charge is 2.58. The molecule has 3 N–H and O–H groups in total. The number of carbonyl (C=O) groups excluding carboxylic acids is 1. The maximum absolute atomic E-state index is 15.2. The molecule has 7 rings (SSSR count). The van der Waals surface area contributed by atoms with Crippen molar-refractivity contribution in [3.05, 3.63) is 34.9 Å². The Morgan fingerprint density at radius 1 is 1.27 bits per heavy atom. The van der Waals surface area contributed by atoms with Gasteiger partial charge in [0.2, 0.25) is 0 Å². The molecule has 1 amide bonds. The number of ether oxygens (including phenoxy) is 2. The van der Waals surface area contributed by atoms with Gasteiger partial charge in [0.15, 0.2) is 11.6 Å². The van der Waals surface area contributed by atoms with Crippen LogP contribution in [-0.2, 0) is 16.1 Å². The first-order valence-corrected chi connectivity index (χ1v) is 12.1. The molecular formula is C22H22ClF4N7O3. The number of anilines is 2. The molecule has 10 nitrogen and oxygen atoms in total. The molecule has 3 atom stereocenters. The fourth-order valence-corrected chi connectivity index (χ4v) is 5.61. The van der Waals surface area contributed by atoms with Crippen molar-refractivity contribution in [2.24, 2.45) is 5.92 Å². The smallest absolute Gasteiger partial charge is 0.443 e. The number of carbonyl (C=O) groups is 1. The Labute approximate surface area is 212 Å². The van der Waals surface area contributed by atoms with E-state index < -0.39 is 37.3 Å². The Hall–Kier alpha value is -3.13. The summed E-state index contributed by atoms with van der Waals surface area (Å²) in [7, 11) is 0. The summed E-state index contributed by atoms with van der Waals surface area (Å²) < 4.78 is 62.8. The van der Waals surface area contributed by atoms with Crippen LogP contribution in [0.15, 0.2) is 18.3 Å². The Morgan fingerprint density at radius 3 is 2.76 bits per heavy atom. The second-order valence-corrected chi connectivity index (χ2v) is 10.3. The number of nitrogens with one attached hydrogen (secondary N) is 3. The summed E-state index contributed by atoms with van der Waals surface area (Å²) in [5, 5.41) is 16.8. The van der Waals surface area contributed by atoms with Gasteiger partial charge in [-0.25, -0.2) is 18.7 Å². The largest absolute Gasteiger partial charge is 0.522 e. The molecule has 4 aliphatic carbocycles. The quantitative estimate of drug-likeness (QED) is 0.368. The average Bonchev–Trinajstić information content (AvgIpc) is 3.47. The Balaban J connectivity index is 1.11. The molecule has 37 heavy (non-hydrogen) atoms. The van der Waals surface area contributed by atoms with Crippen LogP contribution in [0.3, 0.4) is 0 Å². The van der Waals surface area contributed by atoms with Crippen molar-refractivity contribution >= 4 is 34.8 Å². The van der Waals surface area contributed by atoms with Crippen LogP contribution in [0.5, 0.6) is 0 Å². The number of halogens is 5. The van der Waals surface area contributed by atoms with E-state index in [9.17, 15) is 18.0 Å². The zero-order valence-corrected chi connectivity index (χ0v) is 19.9. The minimum Gasteiger partial charge on any atom is -0.443 e. The molecule has 0 spiro atoms. The fraction of sp³-hybridized carbons (Fsp3) is 0.545. The van der Waals surface area contributed by atoms with Gasteiger partial charge in [0, 0.05) is 23.2 Å². The van der Waals surface area contributed by atoms with Gasteiger partial charge in [0.05, 0.1) is 11.9 Å². The molecular weight excluding hydrogens is 522 g/mol. The summed E-state index contributed by atoms with van der Waals surface area (Å²) in [6.07, 6.45) is -2.55. The number of amides is 1. The highest BCUT2D eigenvalue weighted by Crippen LogP contribution is 2.57. The molecule has 198 valence electrons. The van der Waals surface area contributed by atoms with E-state index in [0.717, 1.165) is 19.3 Å². The highest BCUT2D eigenvalue weighted by molar-refractivity contribution is 6.29. The van der Waals surface area contributed by atoms with Gasteiger partial charge in [-0.05, 0) is 44.1 Å². The molecule has 3 heterocycles. The van der Waals surface area contributed by atoms with Crippen LogP contribution in [0, 0.1) is 5.92 Å². The molecule has 0 saturated heterocycles. The van der Waals surface area contributed by atoms with Crippen molar-refractivity contribution in [1.82, 2.24) is 30.1 Å². The molecule has 4 saturated carbocycles. The van der Waals surface area contributed by atoms with Crippen molar-refractivity contribution in [3.63, 3.8) is 0 Å². The molecule has 0 aromatic carbocycles. The van der Waals surface area contributed by atoms with Gasteiger partial charge < -0.3 is 15.4 Å². The lowest BCUT2D eigenvalue weighted by molar-refractivity contribution is -0.330. The summed E-state index contributed by atoms with van der Waals surface area (Å²) in [4.78, 5) is 16.4. The summed E-state index contributed by atoms with van der Waals surface area (Å²) >= 11 is 6.04. The first-order valence-electron chi connectivity index (χ1n) is 11.8. The number of fused-ring (bicyclic) bond motifs is 1. The average molecular weight is 544 g/mol.